The second kappa shape index (κ2) is 6.55. The number of ether oxygens (including phenoxy) is 1. The molecule has 1 N–H and O–H groups in total. The van der Waals surface area contributed by atoms with Crippen LogP contribution in [0.25, 0.3) is 11.5 Å². The molecule has 2 aromatic heterocycles. The Morgan fingerprint density at radius 1 is 1.18 bits per heavy atom. The fourth-order valence-electron chi connectivity index (χ4n) is 1.79. The van der Waals surface area contributed by atoms with E-state index in [2.05, 4.69) is 15.2 Å². The summed E-state index contributed by atoms with van der Waals surface area (Å²) in [5.41, 5.74) is 1.33. The number of nitrogens with zero attached hydrogens (tertiary/aromatic N) is 3. The highest BCUT2D eigenvalue weighted by Gasteiger charge is 2.09. The van der Waals surface area contributed by atoms with Gasteiger partial charge in [0.15, 0.2) is 6.61 Å². The SMILES string of the molecule is OCc1ccc(OCc2nnc(-c3cccc(Cl)c3)o2)cn1. The number of hydrogen-bond donors (Lipinski definition) is 1. The van der Waals surface area contributed by atoms with Crippen LogP contribution in [0.3, 0.4) is 0 Å². The highest BCUT2D eigenvalue weighted by Crippen LogP contribution is 2.21. The second-order valence-corrected chi connectivity index (χ2v) is 4.88. The highest BCUT2D eigenvalue weighted by atomic mass is 35.5. The van der Waals surface area contributed by atoms with Gasteiger partial charge in [0.1, 0.15) is 5.75 Å². The first-order valence-electron chi connectivity index (χ1n) is 6.51. The molecule has 2 heterocycles. The molecular weight excluding hydrogens is 306 g/mol. The Kier molecular flexibility index (Phi) is 4.32. The van der Waals surface area contributed by atoms with Crippen molar-refractivity contribution >= 4 is 11.6 Å². The number of aliphatic hydroxyl groups excluding tert-OH is 1. The Hall–Kier alpha value is -2.44. The fraction of sp³-hybridized carbons (Fsp3) is 0.133. The quantitative estimate of drug-likeness (QED) is 0.779. The molecule has 0 aliphatic carbocycles. The first-order valence-corrected chi connectivity index (χ1v) is 6.89. The van der Waals surface area contributed by atoms with Gasteiger partial charge >= 0.3 is 0 Å². The highest BCUT2D eigenvalue weighted by molar-refractivity contribution is 6.30. The first kappa shape index (κ1) is 14.5. The number of rotatable bonds is 5. The van der Waals surface area contributed by atoms with Crippen LogP contribution in [0.15, 0.2) is 47.0 Å². The summed E-state index contributed by atoms with van der Waals surface area (Å²) >= 11 is 5.93. The molecule has 0 aliphatic heterocycles. The molecule has 0 saturated heterocycles. The van der Waals surface area contributed by atoms with Crippen molar-refractivity contribution in [1.29, 1.82) is 0 Å². The molecule has 112 valence electrons. The van der Waals surface area contributed by atoms with Crippen molar-refractivity contribution in [3.63, 3.8) is 0 Å². The van der Waals surface area contributed by atoms with Gasteiger partial charge in [-0.05, 0) is 30.3 Å². The number of pyridine rings is 1. The van der Waals surface area contributed by atoms with Gasteiger partial charge in [-0.25, -0.2) is 0 Å². The van der Waals surface area contributed by atoms with Crippen molar-refractivity contribution in [2.24, 2.45) is 0 Å². The van der Waals surface area contributed by atoms with Gasteiger partial charge in [0.05, 0.1) is 18.5 Å². The van der Waals surface area contributed by atoms with Crippen molar-refractivity contribution in [1.82, 2.24) is 15.2 Å². The Bertz CT molecular complexity index is 759. The average molecular weight is 318 g/mol. The van der Waals surface area contributed by atoms with Crippen LogP contribution < -0.4 is 4.74 Å². The largest absolute Gasteiger partial charge is 0.482 e. The Labute approximate surface area is 131 Å². The van der Waals surface area contributed by atoms with E-state index in [0.29, 0.717) is 28.2 Å². The summed E-state index contributed by atoms with van der Waals surface area (Å²) in [5, 5.41) is 17.4. The summed E-state index contributed by atoms with van der Waals surface area (Å²) in [6.07, 6.45) is 1.53. The van der Waals surface area contributed by atoms with Crippen LogP contribution in [-0.2, 0) is 13.2 Å². The molecule has 0 fully saturated rings. The van der Waals surface area contributed by atoms with E-state index >= 15 is 0 Å². The third-order valence-electron chi connectivity index (χ3n) is 2.86. The van der Waals surface area contributed by atoms with E-state index in [9.17, 15) is 0 Å². The summed E-state index contributed by atoms with van der Waals surface area (Å²) in [4.78, 5) is 4.02. The topological polar surface area (TPSA) is 81.3 Å². The zero-order chi connectivity index (χ0) is 15.4. The van der Waals surface area contributed by atoms with Crippen LogP contribution in [0.1, 0.15) is 11.6 Å². The van der Waals surface area contributed by atoms with Gasteiger partial charge in [-0.15, -0.1) is 10.2 Å². The van der Waals surface area contributed by atoms with Crippen LogP contribution in [0.2, 0.25) is 5.02 Å². The molecule has 0 saturated carbocycles. The normalized spacial score (nSPS) is 10.6. The predicted octanol–water partition coefficient (Wildman–Crippen LogP) is 2.86. The Morgan fingerprint density at radius 3 is 2.82 bits per heavy atom. The minimum absolute atomic E-state index is 0.104. The lowest BCUT2D eigenvalue weighted by atomic mass is 10.2. The molecule has 0 amide bonds. The maximum absolute atomic E-state index is 8.92. The van der Waals surface area contributed by atoms with Gasteiger partial charge in [0.25, 0.3) is 5.89 Å². The summed E-state index contributed by atoms with van der Waals surface area (Å²) in [5.74, 6) is 1.29. The number of aromatic nitrogens is 3. The molecule has 0 bridgehead atoms. The molecule has 6 nitrogen and oxygen atoms in total. The molecule has 1 aromatic carbocycles. The van der Waals surface area contributed by atoms with Gasteiger partial charge in [0, 0.05) is 10.6 Å². The van der Waals surface area contributed by atoms with Gasteiger partial charge in [-0.1, -0.05) is 17.7 Å². The average Bonchev–Trinajstić information content (AvgIpc) is 3.02. The van der Waals surface area contributed by atoms with E-state index in [1.54, 1.807) is 24.3 Å². The maximum Gasteiger partial charge on any atom is 0.254 e. The maximum atomic E-state index is 8.92. The summed E-state index contributed by atoms with van der Waals surface area (Å²) in [6.45, 7) is 0.0284. The van der Waals surface area contributed by atoms with Crippen molar-refractivity contribution in [3.05, 3.63) is 59.2 Å². The summed E-state index contributed by atoms with van der Waals surface area (Å²) in [7, 11) is 0. The minimum atomic E-state index is -0.104. The molecule has 0 atom stereocenters. The van der Waals surface area contributed by atoms with Crippen LogP contribution in [0, 0.1) is 0 Å². The van der Waals surface area contributed by atoms with Crippen LogP contribution in [0.5, 0.6) is 5.75 Å². The van der Waals surface area contributed by atoms with E-state index in [0.717, 1.165) is 5.56 Å². The van der Waals surface area contributed by atoms with Crippen molar-refractivity contribution in [2.45, 2.75) is 13.2 Å². The molecule has 0 spiro atoms. The smallest absolute Gasteiger partial charge is 0.254 e. The lowest BCUT2D eigenvalue weighted by Crippen LogP contribution is -1.97. The van der Waals surface area contributed by atoms with E-state index in [4.69, 9.17) is 25.9 Å². The molecule has 0 unspecified atom stereocenters. The molecule has 7 heteroatoms. The third kappa shape index (κ3) is 3.41. The van der Waals surface area contributed by atoms with Gasteiger partial charge < -0.3 is 14.3 Å². The van der Waals surface area contributed by atoms with E-state index < -0.39 is 0 Å². The minimum Gasteiger partial charge on any atom is -0.482 e. The molecular formula is C15H12ClN3O3. The zero-order valence-corrected chi connectivity index (χ0v) is 12.2. The summed E-state index contributed by atoms with van der Waals surface area (Å²) < 4.78 is 11.0. The van der Waals surface area contributed by atoms with Crippen LogP contribution >= 0.6 is 11.6 Å². The number of hydrogen-bond acceptors (Lipinski definition) is 6. The Morgan fingerprint density at radius 2 is 2.09 bits per heavy atom. The molecule has 3 rings (SSSR count). The first-order chi connectivity index (χ1) is 10.7. The molecule has 3 aromatic rings. The molecule has 0 aliphatic rings. The monoisotopic (exact) mass is 317 g/mol. The van der Waals surface area contributed by atoms with Crippen molar-refractivity contribution in [3.8, 4) is 17.2 Å². The van der Waals surface area contributed by atoms with E-state index in [1.165, 1.54) is 6.20 Å². The number of benzene rings is 1. The van der Waals surface area contributed by atoms with Gasteiger partial charge in [-0.2, -0.15) is 0 Å². The molecule has 22 heavy (non-hydrogen) atoms. The van der Waals surface area contributed by atoms with Crippen molar-refractivity contribution < 1.29 is 14.3 Å². The lowest BCUT2D eigenvalue weighted by Gasteiger charge is -2.03. The second-order valence-electron chi connectivity index (χ2n) is 4.44. The Balaban J connectivity index is 1.66. The summed E-state index contributed by atoms with van der Waals surface area (Å²) in [6, 6.07) is 10.6. The van der Waals surface area contributed by atoms with Gasteiger partial charge in [0.2, 0.25) is 5.89 Å². The molecule has 0 radical (unpaired) electrons. The third-order valence-corrected chi connectivity index (χ3v) is 3.10. The predicted molar refractivity (Wildman–Crippen MR) is 79.2 cm³/mol. The van der Waals surface area contributed by atoms with E-state index in [-0.39, 0.29) is 13.2 Å². The number of aliphatic hydroxyl groups is 1. The van der Waals surface area contributed by atoms with Gasteiger partial charge in [-0.3, -0.25) is 4.98 Å². The zero-order valence-electron chi connectivity index (χ0n) is 11.4. The standard InChI is InChI=1S/C15H12ClN3O3/c16-11-3-1-2-10(6-11)15-19-18-14(22-15)9-21-13-5-4-12(8-20)17-7-13/h1-7,20H,8-9H2. The van der Waals surface area contributed by atoms with Crippen molar-refractivity contribution in [2.75, 3.05) is 0 Å². The van der Waals surface area contributed by atoms with E-state index in [1.807, 2.05) is 12.1 Å². The van der Waals surface area contributed by atoms with Crippen LogP contribution in [-0.4, -0.2) is 20.3 Å². The number of halogens is 1. The lowest BCUT2D eigenvalue weighted by molar-refractivity contribution is 0.260. The fourth-order valence-corrected chi connectivity index (χ4v) is 1.98. The van der Waals surface area contributed by atoms with Crippen LogP contribution in [0.4, 0.5) is 0 Å².